The van der Waals surface area contributed by atoms with Crippen LogP contribution in [0.15, 0.2) is 70.4 Å². The van der Waals surface area contributed by atoms with Gasteiger partial charge >= 0.3 is 0 Å². The van der Waals surface area contributed by atoms with Gasteiger partial charge in [0, 0.05) is 30.4 Å². The maximum atomic E-state index is 11.9. The van der Waals surface area contributed by atoms with Crippen molar-refractivity contribution in [1.29, 1.82) is 0 Å². The number of imidazole rings is 1. The minimum atomic E-state index is -3.31. The van der Waals surface area contributed by atoms with E-state index < -0.39 is 9.84 Å². The van der Waals surface area contributed by atoms with Crippen LogP contribution in [-0.2, 0) is 16.4 Å². The first kappa shape index (κ1) is 22.0. The van der Waals surface area contributed by atoms with E-state index in [4.69, 9.17) is 15.7 Å². The molecule has 0 aliphatic carbocycles. The van der Waals surface area contributed by atoms with Gasteiger partial charge in [-0.3, -0.25) is 9.55 Å². The summed E-state index contributed by atoms with van der Waals surface area (Å²) in [6.45, 7) is 0.512. The zero-order valence-corrected chi connectivity index (χ0v) is 20.1. The molecule has 2 N–H and O–H groups in total. The highest BCUT2D eigenvalue weighted by atomic mass is 32.2. The molecule has 4 aromatic heterocycles. The minimum Gasteiger partial charge on any atom is -0.382 e. The first-order valence-electron chi connectivity index (χ1n) is 10.3. The van der Waals surface area contributed by atoms with E-state index in [9.17, 15) is 8.42 Å². The lowest BCUT2D eigenvalue weighted by molar-refractivity contribution is 0.602. The maximum Gasteiger partial charge on any atom is 0.229 e. The van der Waals surface area contributed by atoms with Gasteiger partial charge in [-0.05, 0) is 47.8 Å². The largest absolute Gasteiger partial charge is 0.382 e. The molecule has 0 spiro atoms. The molecule has 0 aliphatic rings. The van der Waals surface area contributed by atoms with Gasteiger partial charge in [0.05, 0.1) is 22.8 Å². The molecule has 0 bridgehead atoms. The molecule has 34 heavy (non-hydrogen) atoms. The lowest BCUT2D eigenvalue weighted by Crippen LogP contribution is -2.20. The highest BCUT2D eigenvalue weighted by Crippen LogP contribution is 2.32. The van der Waals surface area contributed by atoms with Crippen LogP contribution in [0, 0.1) is 0 Å². The van der Waals surface area contributed by atoms with Crippen LogP contribution in [0.5, 0.6) is 0 Å². The summed E-state index contributed by atoms with van der Waals surface area (Å²) < 4.78 is 25.7. The van der Waals surface area contributed by atoms with Crippen molar-refractivity contribution in [2.75, 3.05) is 23.9 Å². The van der Waals surface area contributed by atoms with Gasteiger partial charge in [-0.15, -0.1) is 0 Å². The Morgan fingerprint density at radius 3 is 2.50 bits per heavy atom. The number of hydrogen-bond acceptors (Lipinski definition) is 9. The molecule has 0 saturated heterocycles. The highest BCUT2D eigenvalue weighted by molar-refractivity contribution is 7.90. The summed E-state index contributed by atoms with van der Waals surface area (Å²) in [5, 5.41) is 3.96. The molecule has 0 amide bonds. The monoisotopic (exact) mass is 491 g/mol. The second-order valence-electron chi connectivity index (χ2n) is 7.81. The van der Waals surface area contributed by atoms with Gasteiger partial charge in [0.15, 0.2) is 26.8 Å². The minimum absolute atomic E-state index is 0.243. The van der Waals surface area contributed by atoms with Crippen molar-refractivity contribution >= 4 is 44.1 Å². The zero-order chi connectivity index (χ0) is 23.9. The zero-order valence-electron chi connectivity index (χ0n) is 18.5. The second kappa shape index (κ2) is 8.50. The number of fused-ring (bicyclic) bond motifs is 1. The average molecular weight is 492 g/mol. The van der Waals surface area contributed by atoms with E-state index in [2.05, 4.69) is 9.97 Å². The number of aromatic nitrogens is 5. The Labute approximate surface area is 200 Å². The standard InChI is InChI=1S/C23H21N7O2S2/c1-29(13-16-5-3-4-11-25-16)23-27-20(24)19-22(28-23)30(17-10-12-33-14-17)21(26-19)15-6-8-18(9-7-15)34(2,31)32/h3-12,14H,13H2,1-2H3,(H2,24,27,28). The fourth-order valence-electron chi connectivity index (χ4n) is 3.62. The molecule has 0 fully saturated rings. The smallest absolute Gasteiger partial charge is 0.229 e. The molecular weight excluding hydrogens is 470 g/mol. The number of nitrogen functional groups attached to an aromatic ring is 1. The molecule has 5 aromatic rings. The molecule has 0 radical (unpaired) electrons. The van der Waals surface area contributed by atoms with E-state index in [1.54, 1.807) is 41.8 Å². The number of rotatable bonds is 6. The summed E-state index contributed by atoms with van der Waals surface area (Å²) in [6, 6.07) is 14.3. The van der Waals surface area contributed by atoms with Crippen LogP contribution in [0.2, 0.25) is 0 Å². The summed E-state index contributed by atoms with van der Waals surface area (Å²) in [4.78, 5) is 20.5. The third-order valence-corrected chi connectivity index (χ3v) is 7.09. The summed E-state index contributed by atoms with van der Waals surface area (Å²) in [6.07, 6.45) is 2.93. The summed E-state index contributed by atoms with van der Waals surface area (Å²) in [5.41, 5.74) is 9.87. The van der Waals surface area contributed by atoms with E-state index in [0.29, 0.717) is 29.5 Å². The van der Waals surface area contributed by atoms with E-state index in [1.807, 2.05) is 51.5 Å². The molecule has 0 unspecified atom stereocenters. The number of nitrogens with zero attached hydrogens (tertiary/aromatic N) is 6. The van der Waals surface area contributed by atoms with Gasteiger partial charge in [-0.1, -0.05) is 6.07 Å². The molecule has 5 rings (SSSR count). The second-order valence-corrected chi connectivity index (χ2v) is 10.6. The molecule has 11 heteroatoms. The molecule has 0 aliphatic heterocycles. The maximum absolute atomic E-state index is 11.9. The first-order valence-corrected chi connectivity index (χ1v) is 13.1. The van der Waals surface area contributed by atoms with Gasteiger partial charge in [-0.25, -0.2) is 13.4 Å². The Bertz CT molecular complexity index is 1560. The van der Waals surface area contributed by atoms with Crippen molar-refractivity contribution in [1.82, 2.24) is 24.5 Å². The molecule has 0 atom stereocenters. The highest BCUT2D eigenvalue weighted by Gasteiger charge is 2.21. The van der Waals surface area contributed by atoms with Crippen LogP contribution in [0.1, 0.15) is 5.69 Å². The van der Waals surface area contributed by atoms with Crippen molar-refractivity contribution in [3.63, 3.8) is 0 Å². The number of anilines is 2. The number of sulfone groups is 1. The molecular formula is C23H21N7O2S2. The SMILES string of the molecule is CN(Cc1ccccn1)c1nc(N)c2nc(-c3ccc(S(C)(=O)=O)cc3)n(-c3ccsc3)c2n1. The normalized spacial score (nSPS) is 11.7. The third kappa shape index (κ3) is 4.11. The number of hydrogen-bond donors (Lipinski definition) is 1. The topological polar surface area (TPSA) is 120 Å². The van der Waals surface area contributed by atoms with Crippen molar-refractivity contribution in [3.05, 3.63) is 71.2 Å². The fraction of sp³-hybridized carbons (Fsp3) is 0.130. The molecule has 0 saturated carbocycles. The first-order chi connectivity index (χ1) is 16.3. The summed E-state index contributed by atoms with van der Waals surface area (Å²) in [5.74, 6) is 1.31. The van der Waals surface area contributed by atoms with Crippen molar-refractivity contribution in [2.45, 2.75) is 11.4 Å². The average Bonchev–Trinajstić information content (AvgIpc) is 3.47. The van der Waals surface area contributed by atoms with E-state index in [1.165, 1.54) is 6.26 Å². The Balaban J connectivity index is 1.65. The predicted molar refractivity (Wildman–Crippen MR) is 134 cm³/mol. The lowest BCUT2D eigenvalue weighted by atomic mass is 10.2. The molecule has 172 valence electrons. The lowest BCUT2D eigenvalue weighted by Gasteiger charge is -2.17. The van der Waals surface area contributed by atoms with Crippen molar-refractivity contribution < 1.29 is 8.42 Å². The van der Waals surface area contributed by atoms with Gasteiger partial charge in [0.25, 0.3) is 0 Å². The van der Waals surface area contributed by atoms with Crippen LogP contribution in [0.25, 0.3) is 28.2 Å². The van der Waals surface area contributed by atoms with Gasteiger partial charge in [0.2, 0.25) is 5.95 Å². The van der Waals surface area contributed by atoms with Crippen LogP contribution < -0.4 is 10.6 Å². The summed E-state index contributed by atoms with van der Waals surface area (Å²) in [7, 11) is -1.43. The van der Waals surface area contributed by atoms with E-state index in [0.717, 1.165) is 16.9 Å². The molecule has 4 heterocycles. The van der Waals surface area contributed by atoms with Crippen LogP contribution in [0.4, 0.5) is 11.8 Å². The van der Waals surface area contributed by atoms with Gasteiger partial charge in [-0.2, -0.15) is 21.3 Å². The van der Waals surface area contributed by atoms with Crippen LogP contribution >= 0.6 is 11.3 Å². The van der Waals surface area contributed by atoms with E-state index >= 15 is 0 Å². The number of pyridine rings is 1. The van der Waals surface area contributed by atoms with Gasteiger partial charge in [0.1, 0.15) is 5.82 Å². The Hall–Kier alpha value is -3.83. The van der Waals surface area contributed by atoms with Gasteiger partial charge < -0.3 is 10.6 Å². The number of benzene rings is 1. The quantitative estimate of drug-likeness (QED) is 0.383. The fourth-order valence-corrected chi connectivity index (χ4v) is 4.87. The third-order valence-electron chi connectivity index (χ3n) is 5.29. The van der Waals surface area contributed by atoms with Crippen LogP contribution in [0.3, 0.4) is 0 Å². The Morgan fingerprint density at radius 1 is 1.06 bits per heavy atom. The molecule has 9 nitrogen and oxygen atoms in total. The summed E-state index contributed by atoms with van der Waals surface area (Å²) >= 11 is 1.55. The van der Waals surface area contributed by atoms with Crippen LogP contribution in [-0.4, -0.2) is 46.2 Å². The number of nitrogens with two attached hydrogens (primary N) is 1. The van der Waals surface area contributed by atoms with E-state index in [-0.39, 0.29) is 10.7 Å². The molecule has 1 aromatic carbocycles. The number of thiophene rings is 1. The van der Waals surface area contributed by atoms with Crippen molar-refractivity contribution in [2.24, 2.45) is 0 Å². The van der Waals surface area contributed by atoms with Crippen molar-refractivity contribution in [3.8, 4) is 17.1 Å². The predicted octanol–water partition coefficient (Wildman–Crippen LogP) is 3.56. The Kier molecular flexibility index (Phi) is 5.50. The Morgan fingerprint density at radius 2 is 1.85 bits per heavy atom.